The van der Waals surface area contributed by atoms with E-state index in [-0.39, 0.29) is 17.8 Å². The lowest BCUT2D eigenvalue weighted by Crippen LogP contribution is -2.35. The first-order chi connectivity index (χ1) is 17.7. The molecule has 2 unspecified atom stereocenters. The van der Waals surface area contributed by atoms with Crippen LogP contribution in [0.25, 0.3) is 10.2 Å². The Balaban J connectivity index is 0.000000245. The molecule has 10 heteroatoms. The highest BCUT2D eigenvalue weighted by Gasteiger charge is 2.32. The van der Waals surface area contributed by atoms with Crippen LogP contribution in [0.3, 0.4) is 0 Å². The van der Waals surface area contributed by atoms with E-state index in [9.17, 15) is 19.3 Å². The van der Waals surface area contributed by atoms with Gasteiger partial charge in [0.2, 0.25) is 0 Å². The number of fused-ring (bicyclic) bond motifs is 1. The van der Waals surface area contributed by atoms with Crippen molar-refractivity contribution in [2.24, 2.45) is 0 Å². The number of nitrogens with zero attached hydrogens (tertiary/aromatic N) is 4. The molecule has 0 bridgehead atoms. The highest BCUT2D eigenvalue weighted by Crippen LogP contribution is 2.38. The lowest BCUT2D eigenvalue weighted by Gasteiger charge is -2.25. The van der Waals surface area contributed by atoms with Crippen LogP contribution in [-0.4, -0.2) is 45.8 Å². The minimum absolute atomic E-state index is 0.000496. The number of hydrogen-bond donors (Lipinski definition) is 1. The fraction of sp³-hybridized carbons (Fsp3) is 0.407. The van der Waals surface area contributed by atoms with Crippen molar-refractivity contribution in [2.75, 3.05) is 20.1 Å². The van der Waals surface area contributed by atoms with Crippen LogP contribution in [0.2, 0.25) is 0 Å². The summed E-state index contributed by atoms with van der Waals surface area (Å²) in [5.41, 5.74) is 3.38. The number of carbonyl (C=O) groups is 1. The Morgan fingerprint density at radius 1 is 1.30 bits per heavy atom. The first-order valence-electron chi connectivity index (χ1n) is 12.5. The van der Waals surface area contributed by atoms with Gasteiger partial charge < -0.3 is 15.1 Å². The van der Waals surface area contributed by atoms with Gasteiger partial charge in [-0.1, -0.05) is 13.8 Å². The summed E-state index contributed by atoms with van der Waals surface area (Å²) in [6.07, 6.45) is 7.12. The van der Waals surface area contributed by atoms with Gasteiger partial charge in [-0.25, -0.2) is 4.39 Å². The molecular formula is C27H32FN5O3S. The summed E-state index contributed by atoms with van der Waals surface area (Å²) in [5, 5.41) is 13.5. The van der Waals surface area contributed by atoms with E-state index in [4.69, 9.17) is 0 Å². The molecule has 0 aliphatic carbocycles. The molecule has 0 spiro atoms. The lowest BCUT2D eigenvalue weighted by molar-refractivity contribution is -0.385. The van der Waals surface area contributed by atoms with Crippen molar-refractivity contribution in [3.8, 4) is 0 Å². The van der Waals surface area contributed by atoms with E-state index in [1.165, 1.54) is 27.3 Å². The van der Waals surface area contributed by atoms with Crippen LogP contribution >= 0.6 is 11.3 Å². The number of aromatic nitrogens is 1. The zero-order valence-electron chi connectivity index (χ0n) is 21.5. The lowest BCUT2D eigenvalue weighted by atomic mass is 9.99. The highest BCUT2D eigenvalue weighted by atomic mass is 32.1. The van der Waals surface area contributed by atoms with Crippen LogP contribution in [-0.2, 0) is 4.79 Å². The number of likely N-dealkylation sites (N-methyl/N-ethyl adjacent to an activating group) is 1. The number of likely N-dealkylation sites (tertiary alicyclic amines) is 1. The molecule has 3 aromatic rings. The number of rotatable bonds is 5. The zero-order valence-corrected chi connectivity index (χ0v) is 22.3. The highest BCUT2D eigenvalue weighted by molar-refractivity contribution is 7.19. The molecule has 37 heavy (non-hydrogen) atoms. The maximum absolute atomic E-state index is 12.8. The maximum Gasteiger partial charge on any atom is 0.272 e. The molecule has 1 amide bonds. The van der Waals surface area contributed by atoms with Gasteiger partial charge in [0.15, 0.2) is 0 Å². The average Bonchev–Trinajstić information content (AvgIpc) is 3.64. The summed E-state index contributed by atoms with van der Waals surface area (Å²) in [6.45, 7) is 7.79. The molecule has 8 nitrogen and oxygen atoms in total. The quantitative estimate of drug-likeness (QED) is 0.332. The molecule has 1 fully saturated rings. The van der Waals surface area contributed by atoms with E-state index in [2.05, 4.69) is 41.2 Å². The summed E-state index contributed by atoms with van der Waals surface area (Å²) >= 11 is 1.79. The minimum Gasteiger partial charge on any atom is -0.365 e. The minimum atomic E-state index is -0.622. The van der Waals surface area contributed by atoms with E-state index >= 15 is 0 Å². The van der Waals surface area contributed by atoms with Crippen LogP contribution in [0, 0.1) is 22.9 Å². The molecule has 1 N–H and O–H groups in total. The van der Waals surface area contributed by atoms with E-state index in [0.29, 0.717) is 11.5 Å². The van der Waals surface area contributed by atoms with Crippen LogP contribution in [0.5, 0.6) is 0 Å². The van der Waals surface area contributed by atoms with Gasteiger partial charge >= 0.3 is 0 Å². The summed E-state index contributed by atoms with van der Waals surface area (Å²) in [7, 11) is 2.00. The van der Waals surface area contributed by atoms with Gasteiger partial charge in [0.1, 0.15) is 17.7 Å². The number of aryl methyl sites for hydroxylation is 1. The number of nitrogens with one attached hydrogen (secondary N) is 1. The van der Waals surface area contributed by atoms with Crippen molar-refractivity contribution in [1.82, 2.24) is 20.1 Å². The van der Waals surface area contributed by atoms with E-state index in [1.807, 2.05) is 24.3 Å². The summed E-state index contributed by atoms with van der Waals surface area (Å²) in [5.74, 6) is 0.116. The van der Waals surface area contributed by atoms with Gasteiger partial charge in [-0.3, -0.25) is 19.9 Å². The molecular weight excluding hydrogens is 493 g/mol. The van der Waals surface area contributed by atoms with Gasteiger partial charge in [-0.15, -0.1) is 11.3 Å². The smallest absolute Gasteiger partial charge is 0.272 e. The third kappa shape index (κ3) is 5.58. The number of carbonyl (C=O) groups excluding carboxylic acids is 1. The Morgan fingerprint density at radius 2 is 2.03 bits per heavy atom. The summed E-state index contributed by atoms with van der Waals surface area (Å²) in [4.78, 5) is 32.0. The van der Waals surface area contributed by atoms with Gasteiger partial charge in [0.05, 0.1) is 26.1 Å². The van der Waals surface area contributed by atoms with Crippen molar-refractivity contribution < 1.29 is 14.1 Å². The molecule has 1 aromatic carbocycles. The predicted molar refractivity (Wildman–Crippen MR) is 144 cm³/mol. The number of thiophene rings is 1. The molecule has 2 aromatic heterocycles. The number of benzene rings is 1. The fourth-order valence-electron chi connectivity index (χ4n) is 4.49. The molecule has 2 aliphatic rings. The molecule has 4 heterocycles. The number of amides is 1. The van der Waals surface area contributed by atoms with Gasteiger partial charge in [0.25, 0.3) is 11.6 Å². The molecule has 2 atom stereocenters. The molecule has 1 saturated heterocycles. The number of nitro groups is 1. The second-order valence-electron chi connectivity index (χ2n) is 9.47. The van der Waals surface area contributed by atoms with Crippen LogP contribution < -0.4 is 5.32 Å². The van der Waals surface area contributed by atoms with Gasteiger partial charge in [-0.05, 0) is 61.4 Å². The molecule has 2 aliphatic heterocycles. The maximum atomic E-state index is 12.8. The van der Waals surface area contributed by atoms with Gasteiger partial charge in [-0.2, -0.15) is 0 Å². The third-order valence-corrected chi connectivity index (χ3v) is 8.22. The first kappa shape index (κ1) is 26.5. The Bertz CT molecular complexity index is 1330. The second kappa shape index (κ2) is 11.2. The predicted octanol–water partition coefficient (Wildman–Crippen LogP) is 5.85. The molecule has 5 rings (SSSR count). The fourth-order valence-corrected chi connectivity index (χ4v) is 5.84. The summed E-state index contributed by atoms with van der Waals surface area (Å²) < 4.78 is 13.9. The molecule has 196 valence electrons. The van der Waals surface area contributed by atoms with Crippen molar-refractivity contribution in [2.45, 2.75) is 52.1 Å². The van der Waals surface area contributed by atoms with Crippen LogP contribution in [0.1, 0.15) is 61.2 Å². The largest absolute Gasteiger partial charge is 0.365 e. The Labute approximate surface area is 219 Å². The average molecular weight is 526 g/mol. The number of nitro benzene ring substituents is 1. The van der Waals surface area contributed by atoms with Crippen LogP contribution in [0.15, 0.2) is 48.4 Å². The Hall–Kier alpha value is -3.53. The van der Waals surface area contributed by atoms with Crippen molar-refractivity contribution in [1.29, 1.82) is 0 Å². The molecule has 0 saturated carbocycles. The zero-order chi connectivity index (χ0) is 26.7. The Kier molecular flexibility index (Phi) is 8.06. The van der Waals surface area contributed by atoms with Gasteiger partial charge in [0, 0.05) is 38.6 Å². The van der Waals surface area contributed by atoms with Crippen molar-refractivity contribution in [3.05, 3.63) is 80.4 Å². The first-order valence-corrected chi connectivity index (χ1v) is 13.3. The third-order valence-electron chi connectivity index (χ3n) is 7.00. The van der Waals surface area contributed by atoms with E-state index < -0.39 is 10.7 Å². The van der Waals surface area contributed by atoms with E-state index in [1.54, 1.807) is 18.3 Å². The topological polar surface area (TPSA) is 91.6 Å². The summed E-state index contributed by atoms with van der Waals surface area (Å²) in [6, 6.07) is 7.88. The van der Waals surface area contributed by atoms with Crippen molar-refractivity contribution >= 4 is 33.1 Å². The Morgan fingerprint density at radius 3 is 2.68 bits per heavy atom. The molecule has 0 radical (unpaired) electrons. The number of halogens is 1. The monoisotopic (exact) mass is 525 g/mol. The second-order valence-corrected chi connectivity index (χ2v) is 10.6. The van der Waals surface area contributed by atoms with Crippen LogP contribution in [0.4, 0.5) is 10.1 Å². The normalized spacial score (nSPS) is 17.8. The standard InChI is InChI=1S/C20H26N4OS.C7H6FNO2/c1-4-13(2)14-7-8-21-15-11-17(26-18(14)15)19-22-12-16(23(19)3)20(25)24-9-5-6-10-24;1-5-2-3-6(9(10)11)4-7(5)8/h7-8,11-13,19,22H,4-6,9-10H2,1-3H3;2-4H,1H3. The van der Waals surface area contributed by atoms with E-state index in [0.717, 1.165) is 49.6 Å². The number of pyridine rings is 1. The number of non-ortho nitro benzene ring substituents is 1. The number of hydrogen-bond acceptors (Lipinski definition) is 7. The SMILES string of the molecule is CCC(C)c1ccnc2cc(C3NC=C(C(=O)N4CCCC4)N3C)sc12.Cc1ccc([N+](=O)[O-])cc1F. The van der Waals surface area contributed by atoms with Crippen molar-refractivity contribution in [3.63, 3.8) is 0 Å².